The van der Waals surface area contributed by atoms with Crippen molar-refractivity contribution in [2.45, 2.75) is 25.4 Å². The number of benzene rings is 1. The molecular formula is C18H22Cl2N4O. The van der Waals surface area contributed by atoms with E-state index in [0.717, 1.165) is 43.9 Å². The summed E-state index contributed by atoms with van der Waals surface area (Å²) in [6.45, 7) is 2.88. The van der Waals surface area contributed by atoms with E-state index in [1.165, 1.54) is 0 Å². The summed E-state index contributed by atoms with van der Waals surface area (Å²) < 4.78 is 5.20. The highest BCUT2D eigenvalue weighted by Crippen LogP contribution is 2.24. The fourth-order valence-electron chi connectivity index (χ4n) is 3.27. The van der Waals surface area contributed by atoms with E-state index in [-0.39, 0.29) is 0 Å². The van der Waals surface area contributed by atoms with Gasteiger partial charge >= 0.3 is 0 Å². The van der Waals surface area contributed by atoms with Crippen molar-refractivity contribution in [3.05, 3.63) is 46.2 Å². The van der Waals surface area contributed by atoms with Crippen LogP contribution in [-0.2, 0) is 6.54 Å². The van der Waals surface area contributed by atoms with Gasteiger partial charge in [-0.05, 0) is 43.1 Å². The molecule has 0 amide bonds. The van der Waals surface area contributed by atoms with Gasteiger partial charge in [0, 0.05) is 42.3 Å². The summed E-state index contributed by atoms with van der Waals surface area (Å²) in [6, 6.07) is 7.99. The Morgan fingerprint density at radius 3 is 2.68 bits per heavy atom. The Bertz CT molecular complexity index is 708. The van der Waals surface area contributed by atoms with Gasteiger partial charge in [-0.15, -0.1) is 0 Å². The Kier molecular flexibility index (Phi) is 5.99. The molecule has 5 nitrogen and oxygen atoms in total. The number of aromatic nitrogens is 2. The first-order valence-electron chi connectivity index (χ1n) is 8.31. The third kappa shape index (κ3) is 4.75. The van der Waals surface area contributed by atoms with Crippen molar-refractivity contribution in [1.29, 1.82) is 0 Å². The molecule has 1 saturated heterocycles. The number of hydrogen-bond acceptors (Lipinski definition) is 5. The quantitative estimate of drug-likeness (QED) is 0.786. The van der Waals surface area contributed by atoms with E-state index in [1.54, 1.807) is 19.5 Å². The van der Waals surface area contributed by atoms with E-state index in [4.69, 9.17) is 27.9 Å². The Morgan fingerprint density at radius 1 is 1.20 bits per heavy atom. The highest BCUT2D eigenvalue weighted by atomic mass is 35.5. The molecule has 0 aliphatic carbocycles. The van der Waals surface area contributed by atoms with Crippen LogP contribution in [-0.4, -0.2) is 48.2 Å². The highest BCUT2D eigenvalue weighted by molar-refractivity contribution is 6.34. The summed E-state index contributed by atoms with van der Waals surface area (Å²) in [5.41, 5.74) is 1.14. The predicted molar refractivity (Wildman–Crippen MR) is 102 cm³/mol. The monoisotopic (exact) mass is 380 g/mol. The molecule has 0 radical (unpaired) electrons. The minimum atomic E-state index is 0.392. The molecule has 2 aromatic rings. The molecule has 0 saturated carbocycles. The largest absolute Gasteiger partial charge is 0.481 e. The standard InChI is InChI=1S/C18H22Cl2N4O/c1-23(17-9-18(25-2)22-12-21-17)16-4-3-5-24(11-16)10-13-6-14(19)8-15(20)7-13/h6-9,12,16H,3-5,10-11H2,1-2H3. The van der Waals surface area contributed by atoms with Crippen molar-refractivity contribution in [3.63, 3.8) is 0 Å². The molecule has 2 heterocycles. The first-order valence-corrected chi connectivity index (χ1v) is 9.07. The van der Waals surface area contributed by atoms with Gasteiger partial charge in [0.25, 0.3) is 0 Å². The average Bonchev–Trinajstić information content (AvgIpc) is 2.60. The minimum Gasteiger partial charge on any atom is -0.481 e. The van der Waals surface area contributed by atoms with E-state index in [0.29, 0.717) is 22.0 Å². The molecule has 1 atom stereocenters. The molecule has 0 bridgehead atoms. The summed E-state index contributed by atoms with van der Waals surface area (Å²) in [5, 5.41) is 1.36. The zero-order valence-corrected chi connectivity index (χ0v) is 16.0. The Morgan fingerprint density at radius 2 is 1.96 bits per heavy atom. The Hall–Kier alpha value is -1.56. The van der Waals surface area contributed by atoms with Gasteiger partial charge in [-0.2, -0.15) is 0 Å². The van der Waals surface area contributed by atoms with E-state index in [1.807, 2.05) is 18.2 Å². The number of likely N-dealkylation sites (N-methyl/N-ethyl adjacent to an activating group) is 1. The lowest BCUT2D eigenvalue weighted by atomic mass is 10.0. The van der Waals surface area contributed by atoms with Gasteiger partial charge in [-0.25, -0.2) is 9.97 Å². The van der Waals surface area contributed by atoms with Gasteiger partial charge in [0.05, 0.1) is 7.11 Å². The SMILES string of the molecule is COc1cc(N(C)C2CCCN(Cc3cc(Cl)cc(Cl)c3)C2)ncn1. The van der Waals surface area contributed by atoms with E-state index in [9.17, 15) is 0 Å². The molecule has 25 heavy (non-hydrogen) atoms. The van der Waals surface area contributed by atoms with Crippen LogP contribution < -0.4 is 9.64 Å². The highest BCUT2D eigenvalue weighted by Gasteiger charge is 2.24. The molecule has 1 unspecified atom stereocenters. The normalized spacial score (nSPS) is 18.2. The van der Waals surface area contributed by atoms with Crippen molar-refractivity contribution in [3.8, 4) is 5.88 Å². The first-order chi connectivity index (χ1) is 12.0. The zero-order chi connectivity index (χ0) is 17.8. The number of nitrogens with zero attached hydrogens (tertiary/aromatic N) is 4. The summed E-state index contributed by atoms with van der Waals surface area (Å²) in [5.74, 6) is 1.46. The minimum absolute atomic E-state index is 0.392. The summed E-state index contributed by atoms with van der Waals surface area (Å²) in [7, 11) is 3.69. The van der Waals surface area contributed by atoms with Crippen LogP contribution in [0, 0.1) is 0 Å². The van der Waals surface area contributed by atoms with E-state index < -0.39 is 0 Å². The van der Waals surface area contributed by atoms with Gasteiger partial charge in [0.1, 0.15) is 12.1 Å². The lowest BCUT2D eigenvalue weighted by Crippen LogP contribution is -2.46. The zero-order valence-electron chi connectivity index (χ0n) is 14.5. The van der Waals surface area contributed by atoms with E-state index >= 15 is 0 Å². The maximum atomic E-state index is 6.12. The van der Waals surface area contributed by atoms with Crippen LogP contribution in [0.15, 0.2) is 30.6 Å². The number of halogens is 2. The topological polar surface area (TPSA) is 41.5 Å². The lowest BCUT2D eigenvalue weighted by Gasteiger charge is -2.38. The summed E-state index contributed by atoms with van der Waals surface area (Å²) in [6.07, 6.45) is 3.82. The molecule has 1 aliphatic rings. The average molecular weight is 381 g/mol. The first kappa shape index (κ1) is 18.2. The van der Waals surface area contributed by atoms with Gasteiger partial charge < -0.3 is 9.64 Å². The van der Waals surface area contributed by atoms with Gasteiger partial charge in [0.2, 0.25) is 5.88 Å². The Labute approximate surface area is 158 Å². The number of likely N-dealkylation sites (tertiary alicyclic amines) is 1. The van der Waals surface area contributed by atoms with E-state index in [2.05, 4.69) is 26.8 Å². The molecule has 3 rings (SSSR count). The van der Waals surface area contributed by atoms with Crippen molar-refractivity contribution < 1.29 is 4.74 Å². The van der Waals surface area contributed by atoms with Crippen molar-refractivity contribution in [2.24, 2.45) is 0 Å². The van der Waals surface area contributed by atoms with Crippen LogP contribution in [0.1, 0.15) is 18.4 Å². The Balaban J connectivity index is 1.67. The molecule has 0 N–H and O–H groups in total. The van der Waals surface area contributed by atoms with Crippen LogP contribution in [0.2, 0.25) is 10.0 Å². The van der Waals surface area contributed by atoms with Crippen LogP contribution in [0.4, 0.5) is 5.82 Å². The van der Waals surface area contributed by atoms with Gasteiger partial charge in [0.15, 0.2) is 0 Å². The molecule has 1 aromatic heterocycles. The van der Waals surface area contributed by atoms with Crippen molar-refractivity contribution in [1.82, 2.24) is 14.9 Å². The molecule has 7 heteroatoms. The molecule has 1 fully saturated rings. The summed E-state index contributed by atoms with van der Waals surface area (Å²) in [4.78, 5) is 13.1. The maximum Gasteiger partial charge on any atom is 0.218 e. The number of anilines is 1. The fraction of sp³-hybridized carbons (Fsp3) is 0.444. The molecular weight excluding hydrogens is 359 g/mol. The second-order valence-corrected chi connectivity index (χ2v) is 7.21. The number of ether oxygens (including phenoxy) is 1. The smallest absolute Gasteiger partial charge is 0.218 e. The molecule has 0 spiro atoms. The van der Waals surface area contributed by atoms with Gasteiger partial charge in [-0.1, -0.05) is 23.2 Å². The number of hydrogen-bond donors (Lipinski definition) is 0. The predicted octanol–water partition coefficient (Wildman–Crippen LogP) is 3.89. The molecule has 1 aromatic carbocycles. The molecule has 1 aliphatic heterocycles. The van der Waals surface area contributed by atoms with Crippen LogP contribution in [0.3, 0.4) is 0 Å². The molecule has 134 valence electrons. The maximum absolute atomic E-state index is 6.12. The van der Waals surface area contributed by atoms with Crippen LogP contribution in [0.5, 0.6) is 5.88 Å². The fourth-order valence-corrected chi connectivity index (χ4v) is 3.84. The second kappa shape index (κ2) is 8.21. The van der Waals surface area contributed by atoms with Crippen molar-refractivity contribution >= 4 is 29.0 Å². The number of rotatable bonds is 5. The number of piperidine rings is 1. The van der Waals surface area contributed by atoms with Crippen molar-refractivity contribution in [2.75, 3.05) is 32.1 Å². The van der Waals surface area contributed by atoms with Crippen LogP contribution in [0.25, 0.3) is 0 Å². The summed E-state index contributed by atoms with van der Waals surface area (Å²) >= 11 is 12.2. The third-order valence-corrected chi connectivity index (χ3v) is 4.99. The van der Waals surface area contributed by atoms with Crippen LogP contribution >= 0.6 is 23.2 Å². The van der Waals surface area contributed by atoms with Gasteiger partial charge in [-0.3, -0.25) is 4.90 Å². The second-order valence-electron chi connectivity index (χ2n) is 6.34. The number of methoxy groups -OCH3 is 1. The third-order valence-electron chi connectivity index (χ3n) is 4.55. The lowest BCUT2D eigenvalue weighted by molar-refractivity contribution is 0.198.